The second kappa shape index (κ2) is 5.50. The van der Waals surface area contributed by atoms with Crippen molar-refractivity contribution in [3.05, 3.63) is 38.4 Å². The monoisotopic (exact) mass is 507 g/mol. The Morgan fingerprint density at radius 3 is 2.12 bits per heavy atom. The summed E-state index contributed by atoms with van der Waals surface area (Å²) in [6.07, 6.45) is 0. The van der Waals surface area contributed by atoms with Crippen molar-refractivity contribution in [1.82, 2.24) is 0 Å². The number of halogens is 4. The molecule has 1 nitrogen and oxygen atoms in total. The molecule has 2 heterocycles. The zero-order valence-electron chi connectivity index (χ0n) is 7.64. The summed E-state index contributed by atoms with van der Waals surface area (Å²) in [6, 6.07) is 4.02. The molecule has 2 aromatic heterocycles. The Morgan fingerprint density at radius 1 is 1.00 bits per heavy atom. The molecule has 0 amide bonds. The summed E-state index contributed by atoms with van der Waals surface area (Å²) in [6.45, 7) is 0. The molecule has 16 heavy (non-hydrogen) atoms. The van der Waals surface area contributed by atoms with Crippen LogP contribution in [-0.2, 0) is 0 Å². The van der Waals surface area contributed by atoms with E-state index in [4.69, 9.17) is 5.73 Å². The van der Waals surface area contributed by atoms with Gasteiger partial charge >= 0.3 is 0 Å². The molecule has 86 valence electrons. The van der Waals surface area contributed by atoms with Crippen LogP contribution in [0.3, 0.4) is 0 Å². The summed E-state index contributed by atoms with van der Waals surface area (Å²) in [5, 5.41) is 0. The average molecular weight is 511 g/mol. The lowest BCUT2D eigenvalue weighted by Gasteiger charge is -2.07. The van der Waals surface area contributed by atoms with E-state index < -0.39 is 0 Å². The number of hydrogen-bond donors (Lipinski definition) is 1. The Labute approximate surface area is 135 Å². The molecule has 0 fully saturated rings. The highest BCUT2D eigenvalue weighted by Gasteiger charge is 2.18. The molecule has 0 bridgehead atoms. The van der Waals surface area contributed by atoms with E-state index in [1.54, 1.807) is 22.7 Å². The van der Waals surface area contributed by atoms with Crippen LogP contribution in [0.15, 0.2) is 28.0 Å². The quantitative estimate of drug-likeness (QED) is 0.534. The fourth-order valence-electron chi connectivity index (χ4n) is 1.23. The molecule has 2 aromatic rings. The van der Waals surface area contributed by atoms with Crippen molar-refractivity contribution in [2.24, 2.45) is 5.73 Å². The summed E-state index contributed by atoms with van der Waals surface area (Å²) in [5.41, 5.74) is 7.35. The fraction of sp³-hybridized carbons (Fsp3) is 0.111. The maximum Gasteiger partial charge on any atom is 0.0843 e. The maximum absolute atomic E-state index is 6.24. The van der Waals surface area contributed by atoms with Crippen molar-refractivity contribution in [3.8, 4) is 0 Å². The molecule has 1 unspecified atom stereocenters. The topological polar surface area (TPSA) is 26.0 Å². The molecular formula is C9H5Br4NS2. The van der Waals surface area contributed by atoms with Crippen molar-refractivity contribution < 1.29 is 0 Å². The Kier molecular flexibility index (Phi) is 4.71. The van der Waals surface area contributed by atoms with Crippen LogP contribution < -0.4 is 5.73 Å². The van der Waals surface area contributed by atoms with E-state index >= 15 is 0 Å². The van der Waals surface area contributed by atoms with Crippen LogP contribution in [0.5, 0.6) is 0 Å². The molecule has 0 spiro atoms. The first-order valence-corrected chi connectivity index (χ1v) is 8.94. The minimum Gasteiger partial charge on any atom is -0.320 e. The van der Waals surface area contributed by atoms with Crippen LogP contribution >= 0.6 is 86.4 Å². The summed E-state index contributed by atoms with van der Waals surface area (Å²) < 4.78 is 4.28. The van der Waals surface area contributed by atoms with Gasteiger partial charge in [-0.3, -0.25) is 0 Å². The van der Waals surface area contributed by atoms with Crippen LogP contribution in [-0.4, -0.2) is 0 Å². The largest absolute Gasteiger partial charge is 0.320 e. The van der Waals surface area contributed by atoms with Crippen LogP contribution in [0, 0.1) is 0 Å². The van der Waals surface area contributed by atoms with E-state index in [0.29, 0.717) is 0 Å². The van der Waals surface area contributed by atoms with Gasteiger partial charge in [-0.05, 0) is 75.9 Å². The Balaban J connectivity index is 2.38. The third kappa shape index (κ3) is 2.81. The molecule has 0 aliphatic rings. The van der Waals surface area contributed by atoms with Gasteiger partial charge < -0.3 is 5.73 Å². The lowest BCUT2D eigenvalue weighted by atomic mass is 10.1. The molecule has 0 aliphatic carbocycles. The molecule has 0 radical (unpaired) electrons. The van der Waals surface area contributed by atoms with Gasteiger partial charge in [-0.2, -0.15) is 0 Å². The van der Waals surface area contributed by atoms with Crippen molar-refractivity contribution >= 4 is 86.4 Å². The maximum atomic E-state index is 6.24. The average Bonchev–Trinajstić information content (AvgIpc) is 2.70. The summed E-state index contributed by atoms with van der Waals surface area (Å²) in [4.78, 5) is 1.13. The van der Waals surface area contributed by atoms with E-state index in [-0.39, 0.29) is 6.04 Å². The predicted molar refractivity (Wildman–Crippen MR) is 85.5 cm³/mol. The van der Waals surface area contributed by atoms with Crippen LogP contribution in [0.4, 0.5) is 0 Å². The van der Waals surface area contributed by atoms with Crippen molar-refractivity contribution in [1.29, 1.82) is 0 Å². The highest BCUT2D eigenvalue weighted by atomic mass is 79.9. The summed E-state index contributed by atoms with van der Waals surface area (Å²) in [5.74, 6) is 0. The zero-order chi connectivity index (χ0) is 11.9. The van der Waals surface area contributed by atoms with Gasteiger partial charge in [0.25, 0.3) is 0 Å². The van der Waals surface area contributed by atoms with Gasteiger partial charge in [-0.15, -0.1) is 22.7 Å². The van der Waals surface area contributed by atoms with Gasteiger partial charge in [0.1, 0.15) is 0 Å². The Hall–Kier alpha value is 1.28. The van der Waals surface area contributed by atoms with Crippen LogP contribution in [0.25, 0.3) is 0 Å². The molecule has 0 aliphatic heterocycles. The Morgan fingerprint density at radius 2 is 1.69 bits per heavy atom. The summed E-state index contributed by atoms with van der Waals surface area (Å²) in [7, 11) is 0. The normalized spacial score (nSPS) is 13.1. The van der Waals surface area contributed by atoms with E-state index in [1.165, 1.54) is 0 Å². The smallest absolute Gasteiger partial charge is 0.0843 e. The van der Waals surface area contributed by atoms with Gasteiger partial charge in [0.15, 0.2) is 0 Å². The van der Waals surface area contributed by atoms with Crippen LogP contribution in [0.2, 0.25) is 0 Å². The highest BCUT2D eigenvalue weighted by molar-refractivity contribution is 9.13. The van der Waals surface area contributed by atoms with E-state index in [1.807, 2.05) is 0 Å². The van der Waals surface area contributed by atoms with Crippen LogP contribution in [0.1, 0.15) is 16.5 Å². The Bertz CT molecular complexity index is 500. The van der Waals surface area contributed by atoms with Gasteiger partial charge in [-0.25, -0.2) is 0 Å². The standard InChI is InChI=1S/C9H5Br4NS2/c10-4-2-5(15-9(4)13)7(14)3-1-6(11)16-8(3)12/h1-2,7H,14H2. The van der Waals surface area contributed by atoms with E-state index in [2.05, 4.69) is 75.9 Å². The first-order valence-electron chi connectivity index (χ1n) is 4.14. The number of thiophene rings is 2. The fourth-order valence-corrected chi connectivity index (χ4v) is 6.27. The minimum absolute atomic E-state index is 0.0930. The molecule has 1 atom stereocenters. The third-order valence-electron chi connectivity index (χ3n) is 1.99. The van der Waals surface area contributed by atoms with Gasteiger partial charge in [0.05, 0.1) is 17.4 Å². The molecular weight excluding hydrogens is 506 g/mol. The third-order valence-corrected chi connectivity index (χ3v) is 7.71. The SMILES string of the molecule is NC(c1cc(Br)c(Br)s1)c1cc(Br)sc1Br. The number of hydrogen-bond acceptors (Lipinski definition) is 3. The molecule has 0 aromatic carbocycles. The van der Waals surface area contributed by atoms with Gasteiger partial charge in [-0.1, -0.05) is 0 Å². The number of nitrogens with two attached hydrogens (primary N) is 1. The lowest BCUT2D eigenvalue weighted by Crippen LogP contribution is -2.09. The molecule has 2 rings (SSSR count). The second-order valence-electron chi connectivity index (χ2n) is 3.03. The van der Waals surface area contributed by atoms with Crippen molar-refractivity contribution in [3.63, 3.8) is 0 Å². The second-order valence-corrected chi connectivity index (χ2v) is 10.0. The number of rotatable bonds is 2. The van der Waals surface area contributed by atoms with Crippen molar-refractivity contribution in [2.45, 2.75) is 6.04 Å². The predicted octanol–water partition coefficient (Wildman–Crippen LogP) is 5.91. The van der Waals surface area contributed by atoms with Crippen molar-refractivity contribution in [2.75, 3.05) is 0 Å². The lowest BCUT2D eigenvalue weighted by molar-refractivity contribution is 0.894. The minimum atomic E-state index is -0.0930. The molecule has 0 saturated carbocycles. The molecule has 7 heteroatoms. The first-order chi connectivity index (χ1) is 7.49. The van der Waals surface area contributed by atoms with Gasteiger partial charge in [0.2, 0.25) is 0 Å². The molecule has 2 N–H and O–H groups in total. The first kappa shape index (κ1) is 13.7. The highest BCUT2D eigenvalue weighted by Crippen LogP contribution is 2.41. The van der Waals surface area contributed by atoms with E-state index in [9.17, 15) is 0 Å². The summed E-state index contributed by atoms with van der Waals surface area (Å²) >= 11 is 17.2. The molecule has 0 saturated heterocycles. The zero-order valence-corrected chi connectivity index (χ0v) is 15.6. The van der Waals surface area contributed by atoms with E-state index in [0.717, 1.165) is 26.3 Å². The van der Waals surface area contributed by atoms with Gasteiger partial charge in [0, 0.05) is 14.9 Å².